The van der Waals surface area contributed by atoms with E-state index in [1.807, 2.05) is 18.2 Å². The van der Waals surface area contributed by atoms with E-state index in [0.717, 1.165) is 11.1 Å². The zero-order valence-electron chi connectivity index (χ0n) is 12.3. The molecule has 0 aliphatic rings. The molecule has 0 amide bonds. The van der Waals surface area contributed by atoms with Gasteiger partial charge in [0.2, 0.25) is 0 Å². The SMILES string of the molecule is Fc1cccc(-c2ccc(Cl)cc2)c1.O=C(O)c1cccnc1Cl. The summed E-state index contributed by atoms with van der Waals surface area (Å²) in [7, 11) is 0. The van der Waals surface area contributed by atoms with Gasteiger partial charge < -0.3 is 5.11 Å². The second kappa shape index (κ2) is 8.43. The number of aromatic nitrogens is 1. The number of hydrogen-bond donors (Lipinski definition) is 1. The molecule has 6 heteroatoms. The summed E-state index contributed by atoms with van der Waals surface area (Å²) in [5, 5.41) is 9.15. The summed E-state index contributed by atoms with van der Waals surface area (Å²) in [4.78, 5) is 13.9. The standard InChI is InChI=1S/C12H8ClF.C6H4ClNO2/c13-11-6-4-9(5-7-11)10-2-1-3-12(14)8-10;7-5-4(6(9)10)2-1-3-8-5/h1-8H;1-3H,(H,9,10). The number of pyridine rings is 1. The summed E-state index contributed by atoms with van der Waals surface area (Å²) >= 11 is 11.2. The van der Waals surface area contributed by atoms with Crippen LogP contribution >= 0.6 is 23.2 Å². The van der Waals surface area contributed by atoms with E-state index in [1.165, 1.54) is 30.5 Å². The molecule has 1 N–H and O–H groups in total. The number of hydrogen-bond acceptors (Lipinski definition) is 2. The molecule has 0 aliphatic heterocycles. The predicted molar refractivity (Wildman–Crippen MR) is 93.1 cm³/mol. The number of carboxylic acid groups (broad SMARTS) is 1. The van der Waals surface area contributed by atoms with Crippen molar-refractivity contribution in [2.75, 3.05) is 0 Å². The van der Waals surface area contributed by atoms with E-state index >= 15 is 0 Å². The Bertz CT molecular complexity index is 838. The molecule has 0 saturated carbocycles. The average molecular weight is 364 g/mol. The summed E-state index contributed by atoms with van der Waals surface area (Å²) < 4.78 is 12.9. The fraction of sp³-hybridized carbons (Fsp3) is 0. The molecule has 0 bridgehead atoms. The topological polar surface area (TPSA) is 50.2 Å². The van der Waals surface area contributed by atoms with Gasteiger partial charge in [0.15, 0.2) is 0 Å². The molecule has 24 heavy (non-hydrogen) atoms. The Labute approximate surface area is 148 Å². The van der Waals surface area contributed by atoms with E-state index in [1.54, 1.807) is 18.2 Å². The smallest absolute Gasteiger partial charge is 0.338 e. The third kappa shape index (κ3) is 5.05. The lowest BCUT2D eigenvalue weighted by atomic mass is 10.1. The fourth-order valence-electron chi connectivity index (χ4n) is 1.86. The van der Waals surface area contributed by atoms with Crippen LogP contribution in [0.15, 0.2) is 66.9 Å². The lowest BCUT2D eigenvalue weighted by molar-refractivity contribution is 0.0696. The van der Waals surface area contributed by atoms with Crippen molar-refractivity contribution in [2.24, 2.45) is 0 Å². The van der Waals surface area contributed by atoms with Crippen molar-refractivity contribution in [3.05, 3.63) is 88.4 Å². The van der Waals surface area contributed by atoms with Crippen LogP contribution < -0.4 is 0 Å². The second-order valence-electron chi connectivity index (χ2n) is 4.66. The number of nitrogens with zero attached hydrogens (tertiary/aromatic N) is 1. The summed E-state index contributed by atoms with van der Waals surface area (Å²) in [5.41, 5.74) is 1.86. The van der Waals surface area contributed by atoms with Gasteiger partial charge in [-0.25, -0.2) is 14.2 Å². The lowest BCUT2D eigenvalue weighted by Gasteiger charge is -2.01. The van der Waals surface area contributed by atoms with E-state index in [-0.39, 0.29) is 16.5 Å². The van der Waals surface area contributed by atoms with Gasteiger partial charge in [-0.2, -0.15) is 0 Å². The van der Waals surface area contributed by atoms with Crippen LogP contribution in [-0.4, -0.2) is 16.1 Å². The molecule has 3 rings (SSSR count). The average Bonchev–Trinajstić information content (AvgIpc) is 2.56. The van der Waals surface area contributed by atoms with Crippen LogP contribution in [0.5, 0.6) is 0 Å². The Morgan fingerprint density at radius 1 is 0.958 bits per heavy atom. The van der Waals surface area contributed by atoms with Crippen molar-refractivity contribution in [3.63, 3.8) is 0 Å². The van der Waals surface area contributed by atoms with Crippen LogP contribution in [0.4, 0.5) is 4.39 Å². The summed E-state index contributed by atoms with van der Waals surface area (Å²) in [6.45, 7) is 0. The van der Waals surface area contributed by atoms with Crippen molar-refractivity contribution < 1.29 is 14.3 Å². The van der Waals surface area contributed by atoms with Crippen molar-refractivity contribution in [1.82, 2.24) is 4.98 Å². The Morgan fingerprint density at radius 2 is 1.67 bits per heavy atom. The number of carbonyl (C=O) groups is 1. The summed E-state index contributed by atoms with van der Waals surface area (Å²) in [6, 6.07) is 16.7. The Morgan fingerprint density at radius 3 is 2.21 bits per heavy atom. The maximum absolute atomic E-state index is 12.9. The number of benzene rings is 2. The lowest BCUT2D eigenvalue weighted by Crippen LogP contribution is -1.97. The molecule has 0 atom stereocenters. The first-order valence-corrected chi connectivity index (χ1v) is 7.58. The summed E-state index contributed by atoms with van der Waals surface area (Å²) in [6.07, 6.45) is 1.44. The molecule has 0 saturated heterocycles. The highest BCUT2D eigenvalue weighted by atomic mass is 35.5. The molecular weight excluding hydrogens is 352 g/mol. The number of aromatic carboxylic acids is 1. The summed E-state index contributed by atoms with van der Waals surface area (Å²) in [5.74, 6) is -1.28. The van der Waals surface area contributed by atoms with Gasteiger partial charge in [-0.05, 0) is 47.5 Å². The Hall–Kier alpha value is -2.43. The molecule has 3 nitrogen and oxygen atoms in total. The molecule has 0 spiro atoms. The first-order chi connectivity index (χ1) is 11.5. The van der Waals surface area contributed by atoms with Gasteiger partial charge in [0.1, 0.15) is 11.0 Å². The van der Waals surface area contributed by atoms with E-state index < -0.39 is 5.97 Å². The quantitative estimate of drug-likeness (QED) is 0.604. The van der Waals surface area contributed by atoms with Gasteiger partial charge in [0.05, 0.1) is 5.56 Å². The van der Waals surface area contributed by atoms with E-state index in [4.69, 9.17) is 28.3 Å². The van der Waals surface area contributed by atoms with Gasteiger partial charge in [0.25, 0.3) is 0 Å². The van der Waals surface area contributed by atoms with Gasteiger partial charge in [0, 0.05) is 11.2 Å². The van der Waals surface area contributed by atoms with Crippen LogP contribution in [0.3, 0.4) is 0 Å². The van der Waals surface area contributed by atoms with Crippen LogP contribution in [-0.2, 0) is 0 Å². The Kier molecular flexibility index (Phi) is 6.29. The molecular formula is C18H12Cl2FNO2. The molecule has 2 aromatic carbocycles. The number of rotatable bonds is 2. The predicted octanol–water partition coefficient (Wildman–Crippen LogP) is 5.58. The number of carboxylic acids is 1. The fourth-order valence-corrected chi connectivity index (χ4v) is 2.18. The van der Waals surface area contributed by atoms with Crippen LogP contribution in [0.2, 0.25) is 10.2 Å². The van der Waals surface area contributed by atoms with Gasteiger partial charge >= 0.3 is 5.97 Å². The number of halogens is 3. The zero-order chi connectivity index (χ0) is 17.5. The minimum atomic E-state index is -1.06. The molecule has 0 aliphatic carbocycles. The van der Waals surface area contributed by atoms with Crippen LogP contribution in [0, 0.1) is 5.82 Å². The van der Waals surface area contributed by atoms with Crippen LogP contribution in [0.1, 0.15) is 10.4 Å². The van der Waals surface area contributed by atoms with Crippen molar-refractivity contribution >= 4 is 29.2 Å². The monoisotopic (exact) mass is 363 g/mol. The third-order valence-electron chi connectivity index (χ3n) is 2.99. The molecule has 1 heterocycles. The molecule has 0 unspecified atom stereocenters. The normalized spacial score (nSPS) is 9.79. The van der Waals surface area contributed by atoms with E-state index in [0.29, 0.717) is 5.02 Å². The zero-order valence-corrected chi connectivity index (χ0v) is 13.8. The van der Waals surface area contributed by atoms with Gasteiger partial charge in [-0.15, -0.1) is 0 Å². The molecule has 0 radical (unpaired) electrons. The molecule has 3 aromatic rings. The minimum absolute atomic E-state index is 0.0231. The first kappa shape index (κ1) is 17.9. The maximum Gasteiger partial charge on any atom is 0.338 e. The van der Waals surface area contributed by atoms with Crippen LogP contribution in [0.25, 0.3) is 11.1 Å². The van der Waals surface area contributed by atoms with Gasteiger partial charge in [-0.1, -0.05) is 47.5 Å². The maximum atomic E-state index is 12.9. The molecule has 122 valence electrons. The van der Waals surface area contributed by atoms with Crippen molar-refractivity contribution in [2.45, 2.75) is 0 Å². The largest absolute Gasteiger partial charge is 0.478 e. The molecule has 0 fully saturated rings. The second-order valence-corrected chi connectivity index (χ2v) is 5.46. The third-order valence-corrected chi connectivity index (χ3v) is 3.54. The van der Waals surface area contributed by atoms with Gasteiger partial charge in [-0.3, -0.25) is 0 Å². The van der Waals surface area contributed by atoms with Crippen molar-refractivity contribution in [3.8, 4) is 11.1 Å². The molecule has 1 aromatic heterocycles. The first-order valence-electron chi connectivity index (χ1n) is 6.82. The van der Waals surface area contributed by atoms with E-state index in [9.17, 15) is 9.18 Å². The highest BCUT2D eigenvalue weighted by Crippen LogP contribution is 2.21. The highest BCUT2D eigenvalue weighted by Gasteiger charge is 2.06. The minimum Gasteiger partial charge on any atom is -0.478 e. The van der Waals surface area contributed by atoms with E-state index in [2.05, 4.69) is 4.98 Å². The highest BCUT2D eigenvalue weighted by molar-refractivity contribution is 6.32. The Balaban J connectivity index is 0.000000185. The van der Waals surface area contributed by atoms with Crippen molar-refractivity contribution in [1.29, 1.82) is 0 Å².